The van der Waals surface area contributed by atoms with Crippen molar-refractivity contribution in [1.82, 2.24) is 15.3 Å². The molecule has 2 heterocycles. The van der Waals surface area contributed by atoms with Gasteiger partial charge in [0.05, 0.1) is 13.1 Å². The van der Waals surface area contributed by atoms with Gasteiger partial charge in [-0.05, 0) is 19.8 Å². The van der Waals surface area contributed by atoms with E-state index in [1.54, 1.807) is 11.8 Å². The highest BCUT2D eigenvalue weighted by Crippen LogP contribution is 2.39. The molecule has 2 fully saturated rings. The van der Waals surface area contributed by atoms with Crippen molar-refractivity contribution in [3.8, 4) is 0 Å². The highest BCUT2D eigenvalue weighted by atomic mass is 16.2. The maximum Gasteiger partial charge on any atom is 0.246 e. The zero-order valence-corrected chi connectivity index (χ0v) is 10.6. The van der Waals surface area contributed by atoms with Crippen molar-refractivity contribution in [3.05, 3.63) is 11.4 Å². The monoisotopic (exact) mass is 261 g/mol. The summed E-state index contributed by atoms with van der Waals surface area (Å²) in [6, 6.07) is 0. The van der Waals surface area contributed by atoms with Gasteiger partial charge in [0.1, 0.15) is 17.5 Å². The summed E-state index contributed by atoms with van der Waals surface area (Å²) in [5.41, 5.74) is 6.61. The largest absolute Gasteiger partial charge is 0.383 e. The van der Waals surface area contributed by atoms with Crippen molar-refractivity contribution >= 4 is 23.5 Å². The van der Waals surface area contributed by atoms with Gasteiger partial charge in [0.2, 0.25) is 11.8 Å². The average Bonchev–Trinajstić information content (AvgIpc) is 3.15. The second-order valence-electron chi connectivity index (χ2n) is 5.02. The van der Waals surface area contributed by atoms with Crippen LogP contribution in [0.5, 0.6) is 0 Å². The van der Waals surface area contributed by atoms with E-state index in [1.165, 1.54) is 0 Å². The first-order chi connectivity index (χ1) is 9.04. The third kappa shape index (κ3) is 2.23. The lowest BCUT2D eigenvalue weighted by Crippen LogP contribution is -2.52. The van der Waals surface area contributed by atoms with E-state index in [0.717, 1.165) is 18.7 Å². The Bertz CT molecular complexity index is 551. The van der Waals surface area contributed by atoms with Gasteiger partial charge >= 0.3 is 0 Å². The lowest BCUT2D eigenvalue weighted by molar-refractivity contribution is -0.130. The fourth-order valence-electron chi connectivity index (χ4n) is 2.16. The van der Waals surface area contributed by atoms with Crippen LogP contribution in [-0.2, 0) is 9.59 Å². The molecule has 3 rings (SSSR count). The zero-order valence-electron chi connectivity index (χ0n) is 10.6. The van der Waals surface area contributed by atoms with E-state index >= 15 is 0 Å². The van der Waals surface area contributed by atoms with Crippen LogP contribution in [0.25, 0.3) is 0 Å². The minimum absolute atomic E-state index is 0.118. The number of carbonyl (C=O) groups excluding carboxylic acids is 2. The molecule has 0 aromatic carbocycles. The van der Waals surface area contributed by atoms with E-state index < -0.39 is 0 Å². The lowest BCUT2D eigenvalue weighted by atomic mass is 10.2. The predicted molar refractivity (Wildman–Crippen MR) is 68.5 cm³/mol. The summed E-state index contributed by atoms with van der Waals surface area (Å²) in [6.07, 6.45) is 2.14. The van der Waals surface area contributed by atoms with Crippen molar-refractivity contribution < 1.29 is 9.59 Å². The quantitative estimate of drug-likeness (QED) is 0.709. The Kier molecular flexibility index (Phi) is 2.62. The third-order valence-corrected chi connectivity index (χ3v) is 3.36. The maximum atomic E-state index is 11.4. The Morgan fingerprint density at radius 1 is 1.21 bits per heavy atom. The van der Waals surface area contributed by atoms with Crippen molar-refractivity contribution in [1.29, 1.82) is 0 Å². The molecule has 1 aliphatic carbocycles. The molecule has 0 bridgehead atoms. The first-order valence-corrected chi connectivity index (χ1v) is 6.26. The number of nitrogens with one attached hydrogen (secondary N) is 1. The number of nitrogens with zero attached hydrogens (tertiary/aromatic N) is 3. The minimum Gasteiger partial charge on any atom is -0.383 e. The molecule has 100 valence electrons. The molecule has 2 amide bonds. The fraction of sp³-hybridized carbons (Fsp3) is 0.500. The van der Waals surface area contributed by atoms with Gasteiger partial charge in [-0.3, -0.25) is 14.9 Å². The topological polar surface area (TPSA) is 101 Å². The second kappa shape index (κ2) is 4.18. The van der Waals surface area contributed by atoms with Crippen LogP contribution < -0.4 is 16.0 Å². The van der Waals surface area contributed by atoms with Crippen LogP contribution in [0.2, 0.25) is 0 Å². The Morgan fingerprint density at radius 2 is 1.84 bits per heavy atom. The number of rotatable bonds is 2. The van der Waals surface area contributed by atoms with E-state index in [4.69, 9.17) is 5.73 Å². The molecule has 1 saturated heterocycles. The Morgan fingerprint density at radius 3 is 2.42 bits per heavy atom. The average molecular weight is 261 g/mol. The van der Waals surface area contributed by atoms with Crippen LogP contribution in [0.1, 0.15) is 30.1 Å². The Hall–Kier alpha value is -2.18. The van der Waals surface area contributed by atoms with E-state index in [1.807, 2.05) is 0 Å². The molecule has 0 unspecified atom stereocenters. The second-order valence-corrected chi connectivity index (χ2v) is 5.02. The van der Waals surface area contributed by atoms with Crippen molar-refractivity contribution in [2.24, 2.45) is 0 Å². The van der Waals surface area contributed by atoms with Crippen LogP contribution in [0.3, 0.4) is 0 Å². The number of hydrogen-bond acceptors (Lipinski definition) is 6. The standard InChI is InChI=1S/C12H15N5O2/c1-6-10(13)15-11(7-2-3-7)16-12(6)17-4-8(18)14-9(19)5-17/h7H,2-5H2,1H3,(H2,13,15,16)(H,14,18,19). The molecule has 7 nitrogen and oxygen atoms in total. The smallest absolute Gasteiger partial charge is 0.246 e. The number of aromatic nitrogens is 2. The van der Waals surface area contributed by atoms with Gasteiger partial charge in [0.15, 0.2) is 0 Å². The predicted octanol–water partition coefficient (Wildman–Crippen LogP) is -0.293. The van der Waals surface area contributed by atoms with E-state index in [2.05, 4.69) is 15.3 Å². The molecule has 1 aromatic heterocycles. The number of nitrogen functional groups attached to an aromatic ring is 1. The van der Waals surface area contributed by atoms with Crippen molar-refractivity contribution in [2.75, 3.05) is 23.7 Å². The summed E-state index contributed by atoms with van der Waals surface area (Å²) in [4.78, 5) is 33.3. The van der Waals surface area contributed by atoms with Gasteiger partial charge in [0, 0.05) is 11.5 Å². The normalized spacial score (nSPS) is 19.5. The Labute approximate surface area is 110 Å². The molecule has 1 saturated carbocycles. The Balaban J connectivity index is 1.98. The zero-order chi connectivity index (χ0) is 13.6. The van der Waals surface area contributed by atoms with E-state index in [-0.39, 0.29) is 24.9 Å². The van der Waals surface area contributed by atoms with Crippen LogP contribution in [0, 0.1) is 6.92 Å². The third-order valence-electron chi connectivity index (χ3n) is 3.36. The SMILES string of the molecule is Cc1c(N)nc(C2CC2)nc1N1CC(=O)NC(=O)C1. The number of anilines is 2. The summed E-state index contributed by atoms with van der Waals surface area (Å²) < 4.78 is 0. The maximum absolute atomic E-state index is 11.4. The van der Waals surface area contributed by atoms with Crippen molar-refractivity contribution in [2.45, 2.75) is 25.7 Å². The highest BCUT2D eigenvalue weighted by Gasteiger charge is 2.30. The number of nitrogens with two attached hydrogens (primary N) is 1. The molecule has 0 atom stereocenters. The molecular formula is C12H15N5O2. The first kappa shape index (κ1) is 11.9. The van der Waals surface area contributed by atoms with Gasteiger partial charge in [-0.25, -0.2) is 9.97 Å². The van der Waals surface area contributed by atoms with E-state index in [0.29, 0.717) is 23.1 Å². The summed E-state index contributed by atoms with van der Waals surface area (Å²) in [5, 5.41) is 2.27. The molecule has 19 heavy (non-hydrogen) atoms. The molecule has 0 spiro atoms. The summed E-state index contributed by atoms with van der Waals surface area (Å²) in [6.45, 7) is 2.04. The minimum atomic E-state index is -0.319. The molecule has 1 aliphatic heterocycles. The first-order valence-electron chi connectivity index (χ1n) is 6.26. The van der Waals surface area contributed by atoms with Crippen LogP contribution in [-0.4, -0.2) is 34.9 Å². The van der Waals surface area contributed by atoms with Gasteiger partial charge < -0.3 is 10.6 Å². The number of carbonyl (C=O) groups is 2. The number of hydrogen-bond donors (Lipinski definition) is 2. The van der Waals surface area contributed by atoms with Gasteiger partial charge in [-0.15, -0.1) is 0 Å². The fourth-order valence-corrected chi connectivity index (χ4v) is 2.16. The van der Waals surface area contributed by atoms with Crippen LogP contribution >= 0.6 is 0 Å². The van der Waals surface area contributed by atoms with Crippen LogP contribution in [0.15, 0.2) is 0 Å². The molecule has 2 aliphatic rings. The van der Waals surface area contributed by atoms with Gasteiger partial charge in [-0.2, -0.15) is 0 Å². The number of piperazine rings is 1. The molecule has 0 radical (unpaired) electrons. The van der Waals surface area contributed by atoms with Gasteiger partial charge in [0.25, 0.3) is 0 Å². The molecule has 1 aromatic rings. The van der Waals surface area contributed by atoms with Gasteiger partial charge in [-0.1, -0.05) is 0 Å². The number of imide groups is 1. The number of amides is 2. The molecule has 3 N–H and O–H groups in total. The lowest BCUT2D eigenvalue weighted by Gasteiger charge is -2.28. The summed E-state index contributed by atoms with van der Waals surface area (Å²) in [7, 11) is 0. The molecule has 7 heteroatoms. The molecular weight excluding hydrogens is 246 g/mol. The van der Waals surface area contributed by atoms with E-state index in [9.17, 15) is 9.59 Å². The summed E-state index contributed by atoms with van der Waals surface area (Å²) >= 11 is 0. The van der Waals surface area contributed by atoms with Crippen molar-refractivity contribution in [3.63, 3.8) is 0 Å². The summed E-state index contributed by atoms with van der Waals surface area (Å²) in [5.74, 6) is 1.47. The highest BCUT2D eigenvalue weighted by molar-refractivity contribution is 6.02. The van der Waals surface area contributed by atoms with Crippen LogP contribution in [0.4, 0.5) is 11.6 Å².